The monoisotopic (exact) mass is 371 g/mol. The largest absolute Gasteiger partial charge is 0.478 e. The fraction of sp³-hybridized carbons (Fsp3) is 0.111. The maximum Gasteiger partial charge on any atom is 0.335 e. The van der Waals surface area contributed by atoms with E-state index in [-0.39, 0.29) is 10.5 Å². The SMILES string of the molecule is Cc1cc(C(=O)O)cc(S(=O)(=O)Nc2ccccc2-n2cccn2)c1C. The summed E-state index contributed by atoms with van der Waals surface area (Å²) in [6, 6.07) is 11.2. The Bertz CT molecular complexity index is 1070. The molecular formula is C18H17N3O4S. The first kappa shape index (κ1) is 17.7. The fourth-order valence-corrected chi connectivity index (χ4v) is 4.02. The molecule has 0 aliphatic carbocycles. The lowest BCUT2D eigenvalue weighted by molar-refractivity contribution is 0.0696. The molecular weight excluding hydrogens is 354 g/mol. The molecule has 1 aromatic heterocycles. The zero-order valence-electron chi connectivity index (χ0n) is 14.2. The van der Waals surface area contributed by atoms with Gasteiger partial charge in [-0.15, -0.1) is 0 Å². The van der Waals surface area contributed by atoms with Gasteiger partial charge in [-0.05, 0) is 55.3 Å². The minimum absolute atomic E-state index is 0.0647. The van der Waals surface area contributed by atoms with E-state index in [4.69, 9.17) is 0 Å². The number of benzene rings is 2. The number of carboxylic acid groups (broad SMARTS) is 1. The van der Waals surface area contributed by atoms with Crippen LogP contribution in [-0.4, -0.2) is 29.3 Å². The van der Waals surface area contributed by atoms with Crippen molar-refractivity contribution in [2.45, 2.75) is 18.7 Å². The van der Waals surface area contributed by atoms with E-state index in [1.54, 1.807) is 61.3 Å². The molecule has 0 bridgehead atoms. The molecule has 0 saturated heterocycles. The number of nitrogens with zero attached hydrogens (tertiary/aromatic N) is 2. The molecule has 7 nitrogen and oxygen atoms in total. The van der Waals surface area contributed by atoms with Crippen molar-refractivity contribution in [3.05, 3.63) is 71.5 Å². The molecule has 0 saturated carbocycles. The Morgan fingerprint density at radius 1 is 1.15 bits per heavy atom. The summed E-state index contributed by atoms with van der Waals surface area (Å²) in [6.07, 6.45) is 3.29. The first-order chi connectivity index (χ1) is 12.3. The van der Waals surface area contributed by atoms with Crippen molar-refractivity contribution >= 4 is 21.7 Å². The number of hydrogen-bond donors (Lipinski definition) is 2. The summed E-state index contributed by atoms with van der Waals surface area (Å²) in [4.78, 5) is 11.2. The number of rotatable bonds is 5. The summed E-state index contributed by atoms with van der Waals surface area (Å²) in [5.41, 5.74) is 1.91. The smallest absolute Gasteiger partial charge is 0.335 e. The minimum Gasteiger partial charge on any atom is -0.478 e. The summed E-state index contributed by atoms with van der Waals surface area (Å²) in [7, 11) is -3.99. The van der Waals surface area contributed by atoms with Gasteiger partial charge < -0.3 is 5.11 Å². The number of aryl methyl sites for hydroxylation is 1. The van der Waals surface area contributed by atoms with Gasteiger partial charge in [0.15, 0.2) is 0 Å². The van der Waals surface area contributed by atoms with Crippen LogP contribution in [0, 0.1) is 13.8 Å². The number of carbonyl (C=O) groups is 1. The molecule has 1 heterocycles. The van der Waals surface area contributed by atoms with Gasteiger partial charge in [0.1, 0.15) is 0 Å². The lowest BCUT2D eigenvalue weighted by Crippen LogP contribution is -2.17. The minimum atomic E-state index is -3.99. The third-order valence-corrected chi connectivity index (χ3v) is 5.55. The van der Waals surface area contributed by atoms with Crippen LogP contribution < -0.4 is 4.72 Å². The van der Waals surface area contributed by atoms with E-state index >= 15 is 0 Å². The second kappa shape index (κ2) is 6.64. The van der Waals surface area contributed by atoms with Crippen LogP contribution in [0.25, 0.3) is 5.69 Å². The highest BCUT2D eigenvalue weighted by atomic mass is 32.2. The first-order valence-corrected chi connectivity index (χ1v) is 9.24. The maximum atomic E-state index is 12.9. The van der Waals surface area contributed by atoms with Crippen molar-refractivity contribution in [2.75, 3.05) is 4.72 Å². The molecule has 0 aliphatic rings. The number of anilines is 1. The summed E-state index contributed by atoms with van der Waals surface area (Å²) < 4.78 is 30.0. The number of nitrogens with one attached hydrogen (secondary N) is 1. The van der Waals surface area contributed by atoms with Crippen molar-refractivity contribution in [3.8, 4) is 5.69 Å². The standard InChI is InChI=1S/C18H17N3O4S/c1-12-10-14(18(22)23)11-17(13(12)2)26(24,25)20-15-6-3-4-7-16(15)21-9-5-8-19-21/h3-11,20H,1-2H3,(H,22,23). The molecule has 0 amide bonds. The lowest BCUT2D eigenvalue weighted by atomic mass is 10.1. The Hall–Kier alpha value is -3.13. The van der Waals surface area contributed by atoms with Gasteiger partial charge in [0.25, 0.3) is 10.0 Å². The van der Waals surface area contributed by atoms with Gasteiger partial charge in [-0.2, -0.15) is 5.10 Å². The molecule has 8 heteroatoms. The summed E-state index contributed by atoms with van der Waals surface area (Å²) in [6.45, 7) is 3.33. The summed E-state index contributed by atoms with van der Waals surface area (Å²) >= 11 is 0. The molecule has 0 radical (unpaired) electrons. The average molecular weight is 371 g/mol. The van der Waals surface area contributed by atoms with Crippen molar-refractivity contribution in [1.82, 2.24) is 9.78 Å². The van der Waals surface area contributed by atoms with Gasteiger partial charge in [0.05, 0.1) is 21.8 Å². The van der Waals surface area contributed by atoms with Crippen LogP contribution >= 0.6 is 0 Å². The van der Waals surface area contributed by atoms with Crippen molar-refractivity contribution < 1.29 is 18.3 Å². The van der Waals surface area contributed by atoms with Gasteiger partial charge in [-0.1, -0.05) is 12.1 Å². The molecule has 0 unspecified atom stereocenters. The Kier molecular flexibility index (Phi) is 4.52. The van der Waals surface area contributed by atoms with E-state index in [2.05, 4.69) is 9.82 Å². The second-order valence-corrected chi connectivity index (χ2v) is 7.45. The van der Waals surface area contributed by atoms with E-state index in [0.717, 1.165) is 0 Å². The molecule has 3 aromatic rings. The normalized spacial score (nSPS) is 11.3. The first-order valence-electron chi connectivity index (χ1n) is 7.76. The number of sulfonamides is 1. The molecule has 0 fully saturated rings. The Morgan fingerprint density at radius 3 is 2.54 bits per heavy atom. The molecule has 3 rings (SSSR count). The van der Waals surface area contributed by atoms with Gasteiger partial charge in [0, 0.05) is 12.4 Å². The highest BCUT2D eigenvalue weighted by molar-refractivity contribution is 7.92. The van der Waals surface area contributed by atoms with Crippen LogP contribution in [0.5, 0.6) is 0 Å². The van der Waals surface area contributed by atoms with E-state index in [0.29, 0.717) is 22.5 Å². The van der Waals surface area contributed by atoms with Crippen molar-refractivity contribution in [3.63, 3.8) is 0 Å². The lowest BCUT2D eigenvalue weighted by Gasteiger charge is -2.15. The number of aromatic nitrogens is 2. The molecule has 2 N–H and O–H groups in total. The van der Waals surface area contributed by atoms with Gasteiger partial charge in [-0.3, -0.25) is 4.72 Å². The van der Waals surface area contributed by atoms with Gasteiger partial charge >= 0.3 is 5.97 Å². The van der Waals surface area contributed by atoms with Crippen LogP contribution in [0.1, 0.15) is 21.5 Å². The predicted octanol–water partition coefficient (Wildman–Crippen LogP) is 2.99. The van der Waals surface area contributed by atoms with Crippen LogP contribution in [-0.2, 0) is 10.0 Å². The third-order valence-electron chi connectivity index (χ3n) is 4.06. The Morgan fingerprint density at radius 2 is 1.88 bits per heavy atom. The topological polar surface area (TPSA) is 101 Å². The zero-order valence-corrected chi connectivity index (χ0v) is 15.0. The molecule has 0 aliphatic heterocycles. The quantitative estimate of drug-likeness (QED) is 0.718. The molecule has 0 spiro atoms. The van der Waals surface area contributed by atoms with E-state index < -0.39 is 16.0 Å². The van der Waals surface area contributed by atoms with Crippen molar-refractivity contribution in [1.29, 1.82) is 0 Å². The Balaban J connectivity index is 2.08. The Labute approximate surface area is 151 Å². The number of para-hydroxylation sites is 2. The van der Waals surface area contributed by atoms with E-state index in [9.17, 15) is 18.3 Å². The predicted molar refractivity (Wildman–Crippen MR) is 97.2 cm³/mol. The number of hydrogen-bond acceptors (Lipinski definition) is 4. The average Bonchev–Trinajstić information content (AvgIpc) is 3.11. The number of carboxylic acids is 1. The molecule has 0 atom stereocenters. The van der Waals surface area contributed by atoms with Crippen LogP contribution in [0.3, 0.4) is 0 Å². The molecule has 134 valence electrons. The van der Waals surface area contributed by atoms with Crippen molar-refractivity contribution in [2.24, 2.45) is 0 Å². The highest BCUT2D eigenvalue weighted by Crippen LogP contribution is 2.26. The van der Waals surface area contributed by atoms with Crippen LogP contribution in [0.15, 0.2) is 59.8 Å². The summed E-state index contributed by atoms with van der Waals surface area (Å²) in [5, 5.41) is 13.3. The van der Waals surface area contributed by atoms with E-state index in [1.165, 1.54) is 12.1 Å². The van der Waals surface area contributed by atoms with Gasteiger partial charge in [0.2, 0.25) is 0 Å². The molecule has 26 heavy (non-hydrogen) atoms. The van der Waals surface area contributed by atoms with Crippen LogP contribution in [0.2, 0.25) is 0 Å². The van der Waals surface area contributed by atoms with Gasteiger partial charge in [-0.25, -0.2) is 17.9 Å². The zero-order chi connectivity index (χ0) is 18.9. The number of aromatic carboxylic acids is 1. The maximum absolute atomic E-state index is 12.9. The van der Waals surface area contributed by atoms with E-state index in [1.807, 2.05) is 0 Å². The summed E-state index contributed by atoms with van der Waals surface area (Å²) in [5.74, 6) is -1.18. The molecule has 2 aromatic carbocycles. The third kappa shape index (κ3) is 3.31. The fourth-order valence-electron chi connectivity index (χ4n) is 2.60. The van der Waals surface area contributed by atoms with Crippen LogP contribution in [0.4, 0.5) is 5.69 Å². The second-order valence-electron chi connectivity index (χ2n) is 5.79. The highest BCUT2D eigenvalue weighted by Gasteiger charge is 2.22.